The van der Waals surface area contributed by atoms with E-state index in [1.165, 1.54) is 6.42 Å². The molecule has 1 unspecified atom stereocenters. The maximum Gasteiger partial charge on any atom is 0.147 e. The minimum atomic E-state index is -0.546. The van der Waals surface area contributed by atoms with Gasteiger partial charge in [0.1, 0.15) is 5.41 Å². The SMILES string of the molecule is COC(OC)([SiH2]C(C)(C)C)C(C)CC(C)(C)CC(C)(C)C. The van der Waals surface area contributed by atoms with Crippen LogP contribution in [0.15, 0.2) is 0 Å². The average Bonchev–Trinajstić information content (AvgIpc) is 2.20. The molecule has 0 aliphatic heterocycles. The molecule has 0 saturated heterocycles. The third kappa shape index (κ3) is 7.80. The zero-order valence-corrected chi connectivity index (χ0v) is 17.9. The van der Waals surface area contributed by atoms with Gasteiger partial charge in [-0.1, -0.05) is 62.3 Å². The van der Waals surface area contributed by atoms with Crippen LogP contribution >= 0.6 is 0 Å². The lowest BCUT2D eigenvalue weighted by Crippen LogP contribution is -2.50. The molecular formula is C18H40O2Si. The fourth-order valence-corrected chi connectivity index (χ4v) is 6.30. The number of rotatable bonds is 7. The summed E-state index contributed by atoms with van der Waals surface area (Å²) in [6, 6.07) is 0. The molecule has 0 aromatic carbocycles. The molecule has 128 valence electrons. The van der Waals surface area contributed by atoms with Gasteiger partial charge < -0.3 is 9.47 Å². The van der Waals surface area contributed by atoms with E-state index in [0.717, 1.165) is 6.42 Å². The first kappa shape index (κ1) is 21.1. The second-order valence-electron chi connectivity index (χ2n) is 9.96. The predicted octanol–water partition coefficient (Wildman–Crippen LogP) is 4.81. The van der Waals surface area contributed by atoms with Crippen LogP contribution in [0.25, 0.3) is 0 Å². The summed E-state index contributed by atoms with van der Waals surface area (Å²) in [5.74, 6) is 0.413. The van der Waals surface area contributed by atoms with E-state index in [0.29, 0.717) is 21.8 Å². The maximum absolute atomic E-state index is 5.94. The van der Waals surface area contributed by atoms with Crippen molar-refractivity contribution in [2.24, 2.45) is 16.7 Å². The molecule has 0 spiro atoms. The van der Waals surface area contributed by atoms with Crippen molar-refractivity contribution in [3.8, 4) is 0 Å². The molecule has 0 saturated carbocycles. The van der Waals surface area contributed by atoms with E-state index < -0.39 is 9.52 Å². The van der Waals surface area contributed by atoms with Gasteiger partial charge in [-0.15, -0.1) is 0 Å². The summed E-state index contributed by atoms with van der Waals surface area (Å²) < 4.78 is 11.9. The Morgan fingerprint density at radius 3 is 1.57 bits per heavy atom. The summed E-state index contributed by atoms with van der Waals surface area (Å²) in [5, 5.41) is 0.314. The highest BCUT2D eigenvalue weighted by Gasteiger charge is 2.42. The largest absolute Gasteiger partial charge is 0.357 e. The summed E-state index contributed by atoms with van der Waals surface area (Å²) in [4.78, 5) is 0. The summed E-state index contributed by atoms with van der Waals surface area (Å²) in [7, 11) is 3.08. The van der Waals surface area contributed by atoms with Gasteiger partial charge in [0.15, 0.2) is 0 Å². The Morgan fingerprint density at radius 2 is 1.29 bits per heavy atom. The second kappa shape index (κ2) is 7.14. The number of methoxy groups -OCH3 is 2. The lowest BCUT2D eigenvalue weighted by atomic mass is 9.72. The number of ether oxygens (including phenoxy) is 2. The van der Waals surface area contributed by atoms with E-state index in [-0.39, 0.29) is 5.41 Å². The Bertz CT molecular complexity index is 306. The molecule has 0 aromatic rings. The Labute approximate surface area is 136 Å². The first-order chi connectivity index (χ1) is 9.16. The van der Waals surface area contributed by atoms with Gasteiger partial charge in [-0.25, -0.2) is 0 Å². The highest BCUT2D eigenvalue weighted by atomic mass is 28.2. The molecule has 0 bridgehead atoms. The standard InChI is InChI=1S/C18H40O2Si/c1-14(12-17(8,9)13-15(2,3)4)18(19-10,20-11)21-16(5,6)7/h14H,12-13,21H2,1-11H3. The minimum absolute atomic E-state index is 0.298. The Balaban J connectivity index is 5.11. The van der Waals surface area contributed by atoms with Crippen LogP contribution in [0, 0.1) is 16.7 Å². The minimum Gasteiger partial charge on any atom is -0.357 e. The molecule has 0 aromatic heterocycles. The van der Waals surface area contributed by atoms with Crippen LogP contribution < -0.4 is 0 Å². The lowest BCUT2D eigenvalue weighted by Gasteiger charge is -2.44. The Morgan fingerprint density at radius 1 is 0.857 bits per heavy atom. The van der Waals surface area contributed by atoms with Crippen molar-refractivity contribution in [3.63, 3.8) is 0 Å². The normalized spacial score (nSPS) is 16.7. The Hall–Kier alpha value is 0.137. The van der Waals surface area contributed by atoms with Gasteiger partial charge in [-0.3, -0.25) is 0 Å². The van der Waals surface area contributed by atoms with Crippen molar-refractivity contribution >= 4 is 9.52 Å². The van der Waals surface area contributed by atoms with Crippen LogP contribution in [0.2, 0.25) is 5.04 Å². The molecule has 21 heavy (non-hydrogen) atoms. The van der Waals surface area contributed by atoms with Gasteiger partial charge in [-0.05, 0) is 28.7 Å². The average molecular weight is 317 g/mol. The van der Waals surface area contributed by atoms with Crippen molar-refractivity contribution in [3.05, 3.63) is 0 Å². The quantitative estimate of drug-likeness (QED) is 0.496. The molecule has 2 nitrogen and oxygen atoms in total. The zero-order chi connectivity index (χ0) is 17.1. The Kier molecular flexibility index (Phi) is 7.19. The molecule has 0 heterocycles. The predicted molar refractivity (Wildman–Crippen MR) is 96.6 cm³/mol. The maximum atomic E-state index is 5.94. The molecule has 1 atom stereocenters. The summed E-state index contributed by atoms with van der Waals surface area (Å²) in [6.07, 6.45) is 2.35. The van der Waals surface area contributed by atoms with Gasteiger partial charge in [0.05, 0.1) is 9.52 Å². The highest BCUT2D eigenvalue weighted by Crippen LogP contribution is 2.42. The molecule has 3 heteroatoms. The van der Waals surface area contributed by atoms with Crippen molar-refractivity contribution in [2.45, 2.75) is 85.6 Å². The molecule has 0 radical (unpaired) electrons. The first-order valence-electron chi connectivity index (χ1n) is 8.27. The fraction of sp³-hybridized carbons (Fsp3) is 1.00. The smallest absolute Gasteiger partial charge is 0.147 e. The highest BCUT2D eigenvalue weighted by molar-refractivity contribution is 6.43. The third-order valence-corrected chi connectivity index (χ3v) is 6.91. The van der Waals surface area contributed by atoms with Crippen LogP contribution in [0.4, 0.5) is 0 Å². The lowest BCUT2D eigenvalue weighted by molar-refractivity contribution is -0.183. The van der Waals surface area contributed by atoms with E-state index in [4.69, 9.17) is 9.47 Å². The number of hydrogen-bond acceptors (Lipinski definition) is 2. The van der Waals surface area contributed by atoms with Crippen LogP contribution in [-0.2, 0) is 9.47 Å². The summed E-state index contributed by atoms with van der Waals surface area (Å²) in [5.41, 5.74) is 0.299. The van der Waals surface area contributed by atoms with E-state index >= 15 is 0 Å². The van der Waals surface area contributed by atoms with E-state index in [9.17, 15) is 0 Å². The summed E-state index contributed by atoms with van der Waals surface area (Å²) in [6.45, 7) is 20.9. The molecule has 0 N–H and O–H groups in total. The fourth-order valence-electron chi connectivity index (χ4n) is 4.04. The number of hydrogen-bond donors (Lipinski definition) is 0. The van der Waals surface area contributed by atoms with Crippen molar-refractivity contribution in [2.75, 3.05) is 14.2 Å². The van der Waals surface area contributed by atoms with Gasteiger partial charge in [0.2, 0.25) is 0 Å². The molecule has 0 fully saturated rings. The van der Waals surface area contributed by atoms with Crippen LogP contribution in [0.1, 0.15) is 75.2 Å². The van der Waals surface area contributed by atoms with Gasteiger partial charge in [0.25, 0.3) is 0 Å². The van der Waals surface area contributed by atoms with Gasteiger partial charge in [0, 0.05) is 20.1 Å². The summed E-state index contributed by atoms with van der Waals surface area (Å²) >= 11 is 0. The molecule has 0 aliphatic carbocycles. The van der Waals surface area contributed by atoms with E-state index in [1.807, 2.05) is 14.2 Å². The van der Waals surface area contributed by atoms with Crippen LogP contribution in [0.3, 0.4) is 0 Å². The monoisotopic (exact) mass is 316 g/mol. The second-order valence-corrected chi connectivity index (χ2v) is 13.4. The van der Waals surface area contributed by atoms with Crippen molar-refractivity contribution < 1.29 is 9.47 Å². The molecular weight excluding hydrogens is 276 g/mol. The molecule has 0 aliphatic rings. The van der Waals surface area contributed by atoms with Crippen LogP contribution in [0.5, 0.6) is 0 Å². The first-order valence-corrected chi connectivity index (χ1v) is 9.68. The molecule has 0 rings (SSSR count). The van der Waals surface area contributed by atoms with Gasteiger partial charge in [-0.2, -0.15) is 0 Å². The zero-order valence-electron chi connectivity index (χ0n) is 16.5. The molecule has 0 amide bonds. The van der Waals surface area contributed by atoms with Gasteiger partial charge >= 0.3 is 0 Å². The van der Waals surface area contributed by atoms with Crippen LogP contribution in [-0.4, -0.2) is 29.1 Å². The topological polar surface area (TPSA) is 18.5 Å². The van der Waals surface area contributed by atoms with E-state index in [1.54, 1.807) is 0 Å². The van der Waals surface area contributed by atoms with Crippen molar-refractivity contribution in [1.29, 1.82) is 0 Å². The third-order valence-electron chi connectivity index (χ3n) is 4.09. The van der Waals surface area contributed by atoms with Crippen molar-refractivity contribution in [1.82, 2.24) is 0 Å². The van der Waals surface area contributed by atoms with E-state index in [2.05, 4.69) is 62.3 Å².